The molecule has 30 heavy (non-hydrogen) atoms. The van der Waals surface area contributed by atoms with Gasteiger partial charge in [0.15, 0.2) is 0 Å². The first-order valence-electron chi connectivity index (χ1n) is 10.2. The molecule has 1 unspecified atom stereocenters. The Morgan fingerprint density at radius 2 is 1.90 bits per heavy atom. The van der Waals surface area contributed by atoms with Gasteiger partial charge in [-0.05, 0) is 66.6 Å². The summed E-state index contributed by atoms with van der Waals surface area (Å²) >= 11 is 0. The summed E-state index contributed by atoms with van der Waals surface area (Å²) in [6.45, 7) is 6.21. The molecule has 2 aromatic rings. The zero-order valence-electron chi connectivity index (χ0n) is 18.0. The Kier molecular flexibility index (Phi) is 6.55. The molecule has 0 aliphatic carbocycles. The van der Waals surface area contributed by atoms with Gasteiger partial charge in [0.1, 0.15) is 11.6 Å². The lowest BCUT2D eigenvalue weighted by atomic mass is 9.82. The number of hydrogen-bond donors (Lipinski definition) is 1. The highest BCUT2D eigenvalue weighted by Crippen LogP contribution is 2.39. The first kappa shape index (κ1) is 22.7. The first-order valence-corrected chi connectivity index (χ1v) is 11.6. The predicted octanol–water partition coefficient (Wildman–Crippen LogP) is 3.88. The van der Waals surface area contributed by atoms with E-state index in [0.717, 1.165) is 11.1 Å². The van der Waals surface area contributed by atoms with Crippen molar-refractivity contribution in [1.29, 1.82) is 0 Å². The van der Waals surface area contributed by atoms with Gasteiger partial charge in [0.05, 0.1) is 18.6 Å². The van der Waals surface area contributed by atoms with Crippen LogP contribution in [0.2, 0.25) is 0 Å². The molecule has 164 valence electrons. The largest absolute Gasteiger partial charge is 0.496 e. The smallest absolute Gasteiger partial charge is 0.243 e. The van der Waals surface area contributed by atoms with Crippen LogP contribution in [0, 0.1) is 18.2 Å². The third-order valence-electron chi connectivity index (χ3n) is 6.00. The maximum atomic E-state index is 13.5. The van der Waals surface area contributed by atoms with Crippen LogP contribution < -0.4 is 4.74 Å². The number of nitrogens with zero attached hydrogens (tertiary/aromatic N) is 1. The van der Waals surface area contributed by atoms with E-state index in [9.17, 15) is 17.9 Å². The monoisotopic (exact) mass is 435 g/mol. The second kappa shape index (κ2) is 8.65. The number of halogens is 1. The van der Waals surface area contributed by atoms with Crippen LogP contribution in [0.1, 0.15) is 42.9 Å². The second-order valence-corrected chi connectivity index (χ2v) is 10.5. The van der Waals surface area contributed by atoms with Crippen LogP contribution in [-0.4, -0.2) is 44.6 Å². The molecule has 1 fully saturated rings. The zero-order chi connectivity index (χ0) is 22.1. The van der Waals surface area contributed by atoms with Gasteiger partial charge in [-0.2, -0.15) is 4.31 Å². The summed E-state index contributed by atoms with van der Waals surface area (Å²) in [6, 6.07) is 9.64. The summed E-state index contributed by atoms with van der Waals surface area (Å²) in [7, 11) is -2.14. The van der Waals surface area contributed by atoms with E-state index in [0.29, 0.717) is 30.7 Å². The SMILES string of the molecule is COc1cc(C)c(S(=O)(=O)N2CCC(CO)(Cc3ccc(F)cc3)C2)cc1C(C)C. The van der Waals surface area contributed by atoms with E-state index in [2.05, 4.69) is 0 Å². The van der Waals surface area contributed by atoms with Gasteiger partial charge in [0.2, 0.25) is 10.0 Å². The average Bonchev–Trinajstić information content (AvgIpc) is 3.14. The lowest BCUT2D eigenvalue weighted by Crippen LogP contribution is -2.35. The lowest BCUT2D eigenvalue weighted by molar-refractivity contribution is 0.137. The molecule has 0 radical (unpaired) electrons. The Bertz CT molecular complexity index is 1000. The second-order valence-electron chi connectivity index (χ2n) is 8.56. The third-order valence-corrected chi connectivity index (χ3v) is 7.99. The standard InChI is InChI=1S/C23H30FNO4S/c1-16(2)20-12-22(17(3)11-21(20)29-4)30(27,28)25-10-9-23(14-25,15-26)13-18-5-7-19(24)8-6-18/h5-8,11-12,16,26H,9-10,13-15H2,1-4H3. The molecule has 0 bridgehead atoms. The van der Waals surface area contributed by atoms with Crippen molar-refractivity contribution < 1.29 is 22.7 Å². The van der Waals surface area contributed by atoms with Crippen molar-refractivity contribution >= 4 is 10.0 Å². The first-order chi connectivity index (χ1) is 14.1. The number of ether oxygens (including phenoxy) is 1. The van der Waals surface area contributed by atoms with Crippen LogP contribution in [0.4, 0.5) is 4.39 Å². The van der Waals surface area contributed by atoms with E-state index in [1.807, 2.05) is 13.8 Å². The summed E-state index contributed by atoms with van der Waals surface area (Å²) in [4.78, 5) is 0.280. The maximum absolute atomic E-state index is 13.5. The molecule has 1 atom stereocenters. The molecule has 1 N–H and O–H groups in total. The van der Waals surface area contributed by atoms with E-state index < -0.39 is 15.4 Å². The molecule has 3 rings (SSSR count). The number of sulfonamides is 1. The Balaban J connectivity index is 1.90. The molecule has 5 nitrogen and oxygen atoms in total. The van der Waals surface area contributed by atoms with Crippen molar-refractivity contribution in [1.82, 2.24) is 4.31 Å². The quantitative estimate of drug-likeness (QED) is 0.717. The van der Waals surface area contributed by atoms with Gasteiger partial charge in [-0.3, -0.25) is 0 Å². The predicted molar refractivity (Wildman–Crippen MR) is 115 cm³/mol. The summed E-state index contributed by atoms with van der Waals surface area (Å²) in [6.07, 6.45) is 1.04. The summed E-state index contributed by atoms with van der Waals surface area (Å²) in [5.41, 5.74) is 1.79. The van der Waals surface area contributed by atoms with Gasteiger partial charge >= 0.3 is 0 Å². The minimum absolute atomic E-state index is 0.114. The number of aryl methyl sites for hydroxylation is 1. The number of benzene rings is 2. The van der Waals surface area contributed by atoms with E-state index >= 15 is 0 Å². The third kappa shape index (κ3) is 4.38. The van der Waals surface area contributed by atoms with Crippen LogP contribution in [0.15, 0.2) is 41.3 Å². The Morgan fingerprint density at radius 1 is 1.23 bits per heavy atom. The fraction of sp³-hybridized carbons (Fsp3) is 0.478. The van der Waals surface area contributed by atoms with Crippen molar-refractivity contribution in [3.05, 3.63) is 58.9 Å². The van der Waals surface area contributed by atoms with E-state index in [1.54, 1.807) is 38.3 Å². The van der Waals surface area contributed by atoms with Gasteiger partial charge in [0, 0.05) is 18.5 Å². The highest BCUT2D eigenvalue weighted by Gasteiger charge is 2.43. The van der Waals surface area contributed by atoms with E-state index in [-0.39, 0.29) is 29.8 Å². The number of hydrogen-bond acceptors (Lipinski definition) is 4. The van der Waals surface area contributed by atoms with Gasteiger partial charge in [0.25, 0.3) is 0 Å². The van der Waals surface area contributed by atoms with Crippen LogP contribution in [-0.2, 0) is 16.4 Å². The molecular weight excluding hydrogens is 405 g/mol. The van der Waals surface area contributed by atoms with Crippen molar-refractivity contribution in [3.63, 3.8) is 0 Å². The molecule has 1 heterocycles. The van der Waals surface area contributed by atoms with Crippen molar-refractivity contribution in [3.8, 4) is 5.75 Å². The number of aliphatic hydroxyl groups is 1. The number of aliphatic hydroxyl groups excluding tert-OH is 1. The van der Waals surface area contributed by atoms with E-state index in [1.165, 1.54) is 16.4 Å². The van der Waals surface area contributed by atoms with Gasteiger partial charge < -0.3 is 9.84 Å². The molecule has 1 aliphatic heterocycles. The van der Waals surface area contributed by atoms with Gasteiger partial charge in [-0.1, -0.05) is 26.0 Å². The zero-order valence-corrected chi connectivity index (χ0v) is 18.8. The molecule has 1 aliphatic rings. The topological polar surface area (TPSA) is 66.8 Å². The lowest BCUT2D eigenvalue weighted by Gasteiger charge is -2.27. The molecule has 0 amide bonds. The van der Waals surface area contributed by atoms with Crippen LogP contribution >= 0.6 is 0 Å². The molecule has 2 aromatic carbocycles. The van der Waals surface area contributed by atoms with Crippen molar-refractivity contribution in [2.24, 2.45) is 5.41 Å². The fourth-order valence-corrected chi connectivity index (χ4v) is 5.98. The highest BCUT2D eigenvalue weighted by atomic mass is 32.2. The molecule has 0 aromatic heterocycles. The van der Waals surface area contributed by atoms with Crippen LogP contribution in [0.25, 0.3) is 0 Å². The van der Waals surface area contributed by atoms with Gasteiger partial charge in [-0.25, -0.2) is 12.8 Å². The minimum Gasteiger partial charge on any atom is -0.496 e. The van der Waals surface area contributed by atoms with Gasteiger partial charge in [-0.15, -0.1) is 0 Å². The molecular formula is C23H30FNO4S. The molecule has 1 saturated heterocycles. The normalized spacial score (nSPS) is 20.1. The van der Waals surface area contributed by atoms with Crippen LogP contribution in [0.5, 0.6) is 5.75 Å². The highest BCUT2D eigenvalue weighted by molar-refractivity contribution is 7.89. The van der Waals surface area contributed by atoms with Crippen molar-refractivity contribution in [2.75, 3.05) is 26.8 Å². The maximum Gasteiger partial charge on any atom is 0.243 e. The Labute approximate surface area is 178 Å². The summed E-state index contributed by atoms with van der Waals surface area (Å²) in [5.74, 6) is 0.482. The van der Waals surface area contributed by atoms with Crippen LogP contribution in [0.3, 0.4) is 0 Å². The van der Waals surface area contributed by atoms with E-state index in [4.69, 9.17) is 4.74 Å². The minimum atomic E-state index is -3.72. The van der Waals surface area contributed by atoms with Crippen molar-refractivity contribution in [2.45, 2.75) is 44.4 Å². The fourth-order valence-electron chi connectivity index (χ4n) is 4.19. The number of rotatable bonds is 7. The average molecular weight is 436 g/mol. The molecule has 0 saturated carbocycles. The molecule has 7 heteroatoms. The Morgan fingerprint density at radius 3 is 2.47 bits per heavy atom. The number of methoxy groups -OCH3 is 1. The summed E-state index contributed by atoms with van der Waals surface area (Å²) < 4.78 is 47.1. The summed E-state index contributed by atoms with van der Waals surface area (Å²) in [5, 5.41) is 10.1. The Hall–Kier alpha value is -1.96. The molecule has 0 spiro atoms.